The first kappa shape index (κ1) is 20.9. The van der Waals surface area contributed by atoms with E-state index in [1.54, 1.807) is 21.9 Å². The maximum atomic E-state index is 12.8. The van der Waals surface area contributed by atoms with E-state index in [0.29, 0.717) is 31.0 Å². The molecule has 4 heterocycles. The van der Waals surface area contributed by atoms with Crippen molar-refractivity contribution >= 4 is 23.6 Å². The number of nitrogens with one attached hydrogen (secondary N) is 1. The Morgan fingerprint density at radius 1 is 1.23 bits per heavy atom. The minimum atomic E-state index is -0.982. The van der Waals surface area contributed by atoms with E-state index in [4.69, 9.17) is 10.7 Å². The summed E-state index contributed by atoms with van der Waals surface area (Å²) in [4.78, 5) is 36.6. The summed E-state index contributed by atoms with van der Waals surface area (Å²) in [5, 5.41) is 13.0. The number of carbonyl (C=O) groups excluding carboxylic acids is 1. The molecule has 9 nitrogen and oxygen atoms in total. The van der Waals surface area contributed by atoms with Crippen LogP contribution in [-0.2, 0) is 17.6 Å². The first-order chi connectivity index (χ1) is 15.0. The maximum Gasteiger partial charge on any atom is 0.320 e. The van der Waals surface area contributed by atoms with Gasteiger partial charge in [0.15, 0.2) is 0 Å². The minimum absolute atomic E-state index is 0.116. The molecule has 1 atom stereocenters. The monoisotopic (exact) mass is 424 g/mol. The number of nitrogen functional groups attached to an aromatic ring is 1. The number of hydrogen-bond acceptors (Lipinski definition) is 6. The normalized spacial score (nSPS) is 16.7. The largest absolute Gasteiger partial charge is 0.481 e. The van der Waals surface area contributed by atoms with E-state index in [0.717, 1.165) is 43.7 Å². The number of carboxylic acid groups (broad SMARTS) is 1. The molecule has 4 N–H and O–H groups in total. The van der Waals surface area contributed by atoms with Gasteiger partial charge in [-0.1, -0.05) is 12.1 Å². The van der Waals surface area contributed by atoms with Crippen molar-refractivity contribution in [3.8, 4) is 0 Å². The van der Waals surface area contributed by atoms with Gasteiger partial charge in [-0.3, -0.25) is 4.79 Å². The van der Waals surface area contributed by atoms with Crippen LogP contribution in [-0.4, -0.2) is 69.6 Å². The molecule has 2 aromatic rings. The minimum Gasteiger partial charge on any atom is -0.481 e. The predicted octanol–water partition coefficient (Wildman–Crippen LogP) is 1.96. The number of aliphatic carboxylic acids is 1. The summed E-state index contributed by atoms with van der Waals surface area (Å²) in [5.74, 6) is -0.487. The Bertz CT molecular complexity index is 949. The van der Waals surface area contributed by atoms with Gasteiger partial charge in [0.2, 0.25) is 0 Å². The van der Waals surface area contributed by atoms with Gasteiger partial charge in [-0.05, 0) is 48.9 Å². The Morgan fingerprint density at radius 2 is 2.06 bits per heavy atom. The molecule has 164 valence electrons. The molecule has 2 aliphatic rings. The highest BCUT2D eigenvalue weighted by Crippen LogP contribution is 2.22. The third kappa shape index (κ3) is 4.87. The van der Waals surface area contributed by atoms with E-state index in [2.05, 4.69) is 22.4 Å². The molecule has 31 heavy (non-hydrogen) atoms. The zero-order valence-corrected chi connectivity index (χ0v) is 17.5. The van der Waals surface area contributed by atoms with E-state index in [9.17, 15) is 14.7 Å². The number of nitrogens with zero attached hydrogens (tertiary/aromatic N) is 4. The van der Waals surface area contributed by atoms with Crippen molar-refractivity contribution in [2.24, 2.45) is 0 Å². The Morgan fingerprint density at radius 3 is 2.84 bits per heavy atom. The quantitative estimate of drug-likeness (QED) is 0.591. The Hall–Kier alpha value is -3.36. The number of carbonyl (C=O) groups is 2. The summed E-state index contributed by atoms with van der Waals surface area (Å²) >= 11 is 0. The van der Waals surface area contributed by atoms with Gasteiger partial charge in [0.25, 0.3) is 0 Å². The second kappa shape index (κ2) is 9.20. The average Bonchev–Trinajstić information content (AvgIpc) is 3.12. The highest BCUT2D eigenvalue weighted by atomic mass is 16.4. The molecule has 0 unspecified atom stereocenters. The van der Waals surface area contributed by atoms with Crippen LogP contribution in [0.2, 0.25) is 0 Å². The van der Waals surface area contributed by atoms with Crippen LogP contribution in [0.15, 0.2) is 30.5 Å². The number of hydrogen-bond donors (Lipinski definition) is 3. The number of nitrogens with two attached hydrogens (primary N) is 1. The van der Waals surface area contributed by atoms with E-state index in [-0.39, 0.29) is 12.6 Å². The third-order valence-corrected chi connectivity index (χ3v) is 5.91. The summed E-state index contributed by atoms with van der Waals surface area (Å²) in [5.41, 5.74) is 8.43. The number of anilines is 2. The molecule has 1 fully saturated rings. The molecular weight excluding hydrogens is 396 g/mol. The lowest BCUT2D eigenvalue weighted by Gasteiger charge is -2.22. The summed E-state index contributed by atoms with van der Waals surface area (Å²) in [6.45, 7) is 2.83. The first-order valence-electron chi connectivity index (χ1n) is 10.7. The lowest BCUT2D eigenvalue weighted by Crippen LogP contribution is -2.36. The van der Waals surface area contributed by atoms with Crippen LogP contribution in [0.5, 0.6) is 0 Å². The van der Waals surface area contributed by atoms with E-state index in [1.165, 1.54) is 11.8 Å². The number of amides is 2. The molecule has 0 spiro atoms. The Balaban J connectivity index is 1.30. The summed E-state index contributed by atoms with van der Waals surface area (Å²) in [7, 11) is 0. The zero-order chi connectivity index (χ0) is 21.8. The zero-order valence-electron chi connectivity index (χ0n) is 17.5. The highest BCUT2D eigenvalue weighted by molar-refractivity contribution is 5.80. The second-order valence-corrected chi connectivity index (χ2v) is 8.07. The average molecular weight is 425 g/mol. The van der Waals surface area contributed by atoms with Crippen molar-refractivity contribution in [1.29, 1.82) is 0 Å². The maximum absolute atomic E-state index is 12.8. The molecular formula is C22H28N6O3. The fraction of sp³-hybridized carbons (Fsp3) is 0.455. The fourth-order valence-electron chi connectivity index (χ4n) is 4.14. The van der Waals surface area contributed by atoms with Crippen molar-refractivity contribution in [2.45, 2.75) is 31.6 Å². The van der Waals surface area contributed by atoms with Crippen molar-refractivity contribution < 1.29 is 14.7 Å². The number of fused-ring (bicyclic) bond motifs is 1. The van der Waals surface area contributed by atoms with Gasteiger partial charge in [0.05, 0.1) is 0 Å². The van der Waals surface area contributed by atoms with Gasteiger partial charge < -0.3 is 26.0 Å². The summed E-state index contributed by atoms with van der Waals surface area (Å²) in [6.07, 6.45) is 5.28. The topological polar surface area (TPSA) is 125 Å². The van der Waals surface area contributed by atoms with Crippen LogP contribution in [0.4, 0.5) is 16.4 Å². The van der Waals surface area contributed by atoms with Crippen LogP contribution in [0, 0.1) is 0 Å². The van der Waals surface area contributed by atoms with Gasteiger partial charge in [0.1, 0.15) is 17.6 Å². The number of rotatable bonds is 8. The lowest BCUT2D eigenvalue weighted by molar-refractivity contribution is -0.139. The van der Waals surface area contributed by atoms with Gasteiger partial charge in [-0.15, -0.1) is 0 Å². The molecule has 0 radical (unpaired) electrons. The molecule has 2 aliphatic heterocycles. The third-order valence-electron chi connectivity index (χ3n) is 5.91. The van der Waals surface area contributed by atoms with Gasteiger partial charge >= 0.3 is 12.0 Å². The number of pyridine rings is 2. The number of aryl methyl sites for hydroxylation is 2. The number of carboxylic acids is 1. The fourth-order valence-corrected chi connectivity index (χ4v) is 4.14. The van der Waals surface area contributed by atoms with Crippen LogP contribution in [0.25, 0.3) is 0 Å². The molecule has 4 rings (SSSR count). The Labute approximate surface area is 181 Å². The number of aromatic nitrogens is 2. The Kier molecular flexibility index (Phi) is 6.20. The molecule has 2 aromatic heterocycles. The predicted molar refractivity (Wildman–Crippen MR) is 117 cm³/mol. The SMILES string of the molecule is Nc1ccc([C@@H](CN2CCN(CCCc3ccc4c(n3)NCCC4)C2=O)C(=O)O)cn1. The smallest absolute Gasteiger partial charge is 0.320 e. The van der Waals surface area contributed by atoms with Crippen molar-refractivity contribution in [3.63, 3.8) is 0 Å². The van der Waals surface area contributed by atoms with Gasteiger partial charge in [0, 0.05) is 44.6 Å². The van der Waals surface area contributed by atoms with E-state index >= 15 is 0 Å². The molecule has 9 heteroatoms. The van der Waals surface area contributed by atoms with Crippen LogP contribution < -0.4 is 11.1 Å². The molecule has 2 amide bonds. The van der Waals surface area contributed by atoms with E-state index in [1.807, 2.05) is 0 Å². The van der Waals surface area contributed by atoms with Crippen molar-refractivity contribution in [3.05, 3.63) is 47.3 Å². The van der Waals surface area contributed by atoms with Gasteiger partial charge in [-0.2, -0.15) is 0 Å². The highest BCUT2D eigenvalue weighted by Gasteiger charge is 2.32. The van der Waals surface area contributed by atoms with Crippen LogP contribution in [0.3, 0.4) is 0 Å². The molecule has 0 aromatic carbocycles. The second-order valence-electron chi connectivity index (χ2n) is 8.07. The van der Waals surface area contributed by atoms with Crippen LogP contribution in [0.1, 0.15) is 35.6 Å². The lowest BCUT2D eigenvalue weighted by atomic mass is 10.0. The first-order valence-corrected chi connectivity index (χ1v) is 10.7. The standard InChI is InChI=1S/C22H28N6O3/c23-19-8-6-16(13-25-19)18(21(29)30)14-28-12-11-27(22(28)31)10-2-4-17-7-5-15-3-1-9-24-20(15)26-17/h5-8,13,18H,1-4,9-12,14H2,(H2,23,25)(H,24,26)(H,29,30)/t18-/m1/s1. The molecule has 0 saturated carbocycles. The molecule has 0 bridgehead atoms. The van der Waals surface area contributed by atoms with Crippen LogP contribution >= 0.6 is 0 Å². The van der Waals surface area contributed by atoms with Gasteiger partial charge in [-0.25, -0.2) is 14.8 Å². The molecule has 0 aliphatic carbocycles. The van der Waals surface area contributed by atoms with E-state index < -0.39 is 11.9 Å². The summed E-state index contributed by atoms with van der Waals surface area (Å²) < 4.78 is 0. The molecule has 1 saturated heterocycles. The van der Waals surface area contributed by atoms with Crippen molar-refractivity contribution in [2.75, 3.05) is 43.8 Å². The van der Waals surface area contributed by atoms with Crippen molar-refractivity contribution in [1.82, 2.24) is 19.8 Å². The summed E-state index contributed by atoms with van der Waals surface area (Å²) in [6, 6.07) is 7.33. The number of urea groups is 1.